The average Bonchev–Trinajstić information content (AvgIpc) is 2.83. The molecule has 1 atom stereocenters. The van der Waals surface area contributed by atoms with Gasteiger partial charge in [-0.3, -0.25) is 13.9 Å². The first-order valence-electron chi connectivity index (χ1n) is 12.2. The maximum Gasteiger partial charge on any atom is 0.244 e. The quantitative estimate of drug-likeness (QED) is 0.439. The van der Waals surface area contributed by atoms with E-state index in [1.165, 1.54) is 12.0 Å². The highest BCUT2D eigenvalue weighted by atomic mass is 32.2. The molecule has 0 saturated carbocycles. The standard InChI is InChI=1S/C27H39N3O5S/c1-7-23(27(32)28-18-20(2)3)29(16-15-22-11-9-8-10-12-22)26(31)19-30(36(6,33)34)24-17-21(4)13-14-25(24)35-5/h8-14,17,20,23H,7,15-16,18-19H2,1-6H3,(H,28,32)/t23-/m1/s1. The lowest BCUT2D eigenvalue weighted by Gasteiger charge is -2.33. The molecular formula is C27H39N3O5S. The van der Waals surface area contributed by atoms with Crippen molar-refractivity contribution in [2.75, 3.05) is 37.3 Å². The van der Waals surface area contributed by atoms with Crippen molar-refractivity contribution in [2.24, 2.45) is 5.92 Å². The van der Waals surface area contributed by atoms with Crippen LogP contribution in [-0.4, -0.2) is 64.2 Å². The normalized spacial score (nSPS) is 12.2. The molecule has 0 unspecified atom stereocenters. The van der Waals surface area contributed by atoms with E-state index >= 15 is 0 Å². The van der Waals surface area contributed by atoms with E-state index in [2.05, 4.69) is 5.32 Å². The Hall–Kier alpha value is -3.07. The van der Waals surface area contributed by atoms with Gasteiger partial charge in [0.2, 0.25) is 21.8 Å². The SMILES string of the molecule is CC[C@H](C(=O)NCC(C)C)N(CCc1ccccc1)C(=O)CN(c1cc(C)ccc1OC)S(C)(=O)=O. The summed E-state index contributed by atoms with van der Waals surface area (Å²) in [5.74, 6) is -0.0936. The maximum absolute atomic E-state index is 13.7. The summed E-state index contributed by atoms with van der Waals surface area (Å²) < 4.78 is 32.1. The summed E-state index contributed by atoms with van der Waals surface area (Å²) in [4.78, 5) is 28.3. The second-order valence-electron chi connectivity index (χ2n) is 9.33. The molecule has 36 heavy (non-hydrogen) atoms. The summed E-state index contributed by atoms with van der Waals surface area (Å²) in [6.07, 6.45) is 1.99. The zero-order valence-electron chi connectivity index (χ0n) is 22.2. The molecule has 0 aliphatic rings. The molecule has 198 valence electrons. The predicted molar refractivity (Wildman–Crippen MR) is 144 cm³/mol. The van der Waals surface area contributed by atoms with Gasteiger partial charge in [-0.05, 0) is 48.9 Å². The van der Waals surface area contributed by atoms with Crippen LogP contribution in [0.25, 0.3) is 0 Å². The van der Waals surface area contributed by atoms with Crippen molar-refractivity contribution in [3.63, 3.8) is 0 Å². The number of ether oxygens (including phenoxy) is 1. The highest BCUT2D eigenvalue weighted by Crippen LogP contribution is 2.31. The summed E-state index contributed by atoms with van der Waals surface area (Å²) in [7, 11) is -2.38. The van der Waals surface area contributed by atoms with Crippen LogP contribution >= 0.6 is 0 Å². The lowest BCUT2D eigenvalue weighted by Crippen LogP contribution is -2.53. The van der Waals surface area contributed by atoms with Crippen LogP contribution < -0.4 is 14.4 Å². The van der Waals surface area contributed by atoms with E-state index in [4.69, 9.17) is 4.74 Å². The second-order valence-corrected chi connectivity index (χ2v) is 11.2. The molecule has 0 aromatic heterocycles. The monoisotopic (exact) mass is 517 g/mol. The number of sulfonamides is 1. The van der Waals surface area contributed by atoms with Crippen LogP contribution in [0.4, 0.5) is 5.69 Å². The van der Waals surface area contributed by atoms with Crippen molar-refractivity contribution in [1.82, 2.24) is 10.2 Å². The maximum atomic E-state index is 13.7. The van der Waals surface area contributed by atoms with E-state index in [1.54, 1.807) is 12.1 Å². The van der Waals surface area contributed by atoms with Crippen LogP contribution in [0.5, 0.6) is 5.75 Å². The number of nitrogens with zero attached hydrogens (tertiary/aromatic N) is 2. The van der Waals surface area contributed by atoms with E-state index in [0.29, 0.717) is 25.1 Å². The fourth-order valence-electron chi connectivity index (χ4n) is 3.91. The Morgan fingerprint density at radius 3 is 2.31 bits per heavy atom. The van der Waals surface area contributed by atoms with Gasteiger partial charge in [-0.2, -0.15) is 0 Å². The molecule has 0 spiro atoms. The van der Waals surface area contributed by atoms with Crippen LogP contribution in [0.15, 0.2) is 48.5 Å². The smallest absolute Gasteiger partial charge is 0.244 e. The van der Waals surface area contributed by atoms with E-state index in [9.17, 15) is 18.0 Å². The number of benzene rings is 2. The number of carbonyl (C=O) groups is 2. The molecule has 2 rings (SSSR count). The van der Waals surface area contributed by atoms with Crippen molar-refractivity contribution < 1.29 is 22.7 Å². The third-order valence-corrected chi connectivity index (χ3v) is 6.96. The minimum atomic E-state index is -3.83. The van der Waals surface area contributed by atoms with Crippen molar-refractivity contribution in [3.05, 3.63) is 59.7 Å². The Balaban J connectivity index is 2.41. The summed E-state index contributed by atoms with van der Waals surface area (Å²) in [6.45, 7) is 8.01. The van der Waals surface area contributed by atoms with Crippen molar-refractivity contribution >= 4 is 27.5 Å². The van der Waals surface area contributed by atoms with Gasteiger partial charge in [0.05, 0.1) is 19.1 Å². The zero-order chi connectivity index (χ0) is 26.9. The molecule has 2 amide bonds. The molecule has 9 heteroatoms. The molecule has 8 nitrogen and oxygen atoms in total. The van der Waals surface area contributed by atoms with Gasteiger partial charge in [0.15, 0.2) is 0 Å². The molecule has 2 aromatic rings. The van der Waals surface area contributed by atoms with E-state index < -0.39 is 28.5 Å². The van der Waals surface area contributed by atoms with Crippen LogP contribution in [0.3, 0.4) is 0 Å². The van der Waals surface area contributed by atoms with E-state index in [0.717, 1.165) is 21.7 Å². The fourth-order valence-corrected chi connectivity index (χ4v) is 4.75. The molecule has 0 saturated heterocycles. The van der Waals surface area contributed by atoms with Gasteiger partial charge in [0, 0.05) is 13.1 Å². The fraction of sp³-hybridized carbons (Fsp3) is 0.481. The minimum absolute atomic E-state index is 0.244. The topological polar surface area (TPSA) is 96.0 Å². The largest absolute Gasteiger partial charge is 0.495 e. The third-order valence-electron chi connectivity index (χ3n) is 5.84. The molecule has 2 aromatic carbocycles. The third kappa shape index (κ3) is 8.26. The van der Waals surface area contributed by atoms with Gasteiger partial charge in [-0.1, -0.05) is 57.2 Å². The number of carbonyl (C=O) groups excluding carboxylic acids is 2. The van der Waals surface area contributed by atoms with Gasteiger partial charge >= 0.3 is 0 Å². The minimum Gasteiger partial charge on any atom is -0.495 e. The summed E-state index contributed by atoms with van der Waals surface area (Å²) in [6, 6.07) is 14.1. The molecule has 0 aliphatic carbocycles. The van der Waals surface area contributed by atoms with Gasteiger partial charge in [0.1, 0.15) is 18.3 Å². The van der Waals surface area contributed by atoms with E-state index in [1.807, 2.05) is 64.1 Å². The summed E-state index contributed by atoms with van der Waals surface area (Å²) in [5, 5.41) is 2.92. The summed E-state index contributed by atoms with van der Waals surface area (Å²) >= 11 is 0. The predicted octanol–water partition coefficient (Wildman–Crippen LogP) is 3.39. The number of hydrogen-bond donors (Lipinski definition) is 1. The van der Waals surface area contributed by atoms with Crippen LogP contribution in [0.1, 0.15) is 38.3 Å². The van der Waals surface area contributed by atoms with Crippen molar-refractivity contribution in [1.29, 1.82) is 0 Å². The molecule has 0 bridgehead atoms. The molecule has 0 heterocycles. The lowest BCUT2D eigenvalue weighted by molar-refractivity contribution is -0.139. The Labute approximate surface area is 215 Å². The average molecular weight is 518 g/mol. The number of hydrogen-bond acceptors (Lipinski definition) is 5. The van der Waals surface area contributed by atoms with Crippen molar-refractivity contribution in [2.45, 2.75) is 46.6 Å². The van der Waals surface area contributed by atoms with Gasteiger partial charge in [-0.15, -0.1) is 0 Å². The second kappa shape index (κ2) is 13.3. The van der Waals surface area contributed by atoms with Crippen LogP contribution in [0.2, 0.25) is 0 Å². The highest BCUT2D eigenvalue weighted by Gasteiger charge is 2.32. The molecule has 1 N–H and O–H groups in total. The Morgan fingerprint density at radius 1 is 1.08 bits per heavy atom. The number of methoxy groups -OCH3 is 1. The number of nitrogens with one attached hydrogen (secondary N) is 1. The molecular weight excluding hydrogens is 478 g/mol. The zero-order valence-corrected chi connectivity index (χ0v) is 23.0. The van der Waals surface area contributed by atoms with Gasteiger partial charge in [-0.25, -0.2) is 8.42 Å². The van der Waals surface area contributed by atoms with Gasteiger partial charge in [0.25, 0.3) is 0 Å². The first kappa shape index (κ1) is 29.2. The Morgan fingerprint density at radius 2 is 1.75 bits per heavy atom. The number of anilines is 1. The Bertz CT molecular complexity index is 1120. The molecule has 0 aliphatic heterocycles. The van der Waals surface area contributed by atoms with E-state index in [-0.39, 0.29) is 24.1 Å². The molecule has 0 fully saturated rings. The first-order chi connectivity index (χ1) is 17.0. The number of amides is 2. The first-order valence-corrected chi connectivity index (χ1v) is 14.1. The van der Waals surface area contributed by atoms with Crippen LogP contribution in [-0.2, 0) is 26.0 Å². The lowest BCUT2D eigenvalue weighted by atomic mass is 10.1. The van der Waals surface area contributed by atoms with Crippen molar-refractivity contribution in [3.8, 4) is 5.75 Å². The highest BCUT2D eigenvalue weighted by molar-refractivity contribution is 7.92. The molecule has 0 radical (unpaired) electrons. The van der Waals surface area contributed by atoms with Crippen LogP contribution in [0, 0.1) is 12.8 Å². The Kier molecular flexibility index (Phi) is 10.8. The summed E-state index contributed by atoms with van der Waals surface area (Å²) in [5.41, 5.74) is 2.13. The van der Waals surface area contributed by atoms with Gasteiger partial charge < -0.3 is 15.0 Å². The number of aryl methyl sites for hydroxylation is 1. The number of rotatable bonds is 13.